The van der Waals surface area contributed by atoms with Crippen molar-refractivity contribution in [3.05, 3.63) is 40.0 Å². The van der Waals surface area contributed by atoms with Crippen LogP contribution in [0.15, 0.2) is 33.3 Å². The minimum Gasteiger partial charge on any atom is -0.452 e. The number of nitrogens with one attached hydrogen (secondary N) is 1. The number of nitrogens with two attached hydrogens (primary N) is 1. The van der Waals surface area contributed by atoms with Crippen molar-refractivity contribution in [2.45, 2.75) is 6.92 Å². The standard InChI is InChI=1S/C13H12BrN3O4/c1-7-11(12(15)21-17-7)13(19)20-6-10(18)16-9-4-2-3-8(14)5-9/h2-5H,6,15H2,1H3,(H,16,18). The summed E-state index contributed by atoms with van der Waals surface area (Å²) in [6.07, 6.45) is 0. The number of aryl methyl sites for hydroxylation is 1. The van der Waals surface area contributed by atoms with Crippen molar-refractivity contribution in [1.82, 2.24) is 5.16 Å². The van der Waals surface area contributed by atoms with Gasteiger partial charge in [0.15, 0.2) is 6.61 Å². The molecule has 1 aromatic carbocycles. The molecule has 0 atom stereocenters. The first-order chi connectivity index (χ1) is 9.97. The SMILES string of the molecule is Cc1noc(N)c1C(=O)OCC(=O)Nc1cccc(Br)c1. The van der Waals surface area contributed by atoms with Crippen LogP contribution in [0.25, 0.3) is 0 Å². The lowest BCUT2D eigenvalue weighted by Crippen LogP contribution is -2.21. The summed E-state index contributed by atoms with van der Waals surface area (Å²) < 4.78 is 10.3. The number of amides is 1. The van der Waals surface area contributed by atoms with Crippen LogP contribution in [0.5, 0.6) is 0 Å². The summed E-state index contributed by atoms with van der Waals surface area (Å²) in [5, 5.41) is 6.13. The van der Waals surface area contributed by atoms with E-state index < -0.39 is 18.5 Å². The van der Waals surface area contributed by atoms with Crippen LogP contribution < -0.4 is 11.1 Å². The van der Waals surface area contributed by atoms with Crippen molar-refractivity contribution in [3.8, 4) is 0 Å². The summed E-state index contributed by atoms with van der Waals surface area (Å²) in [5.74, 6) is -1.35. The monoisotopic (exact) mass is 353 g/mol. The van der Waals surface area contributed by atoms with Crippen LogP contribution >= 0.6 is 15.9 Å². The minimum absolute atomic E-state index is 0.0326. The Kier molecular flexibility index (Phi) is 4.59. The molecule has 8 heteroatoms. The first-order valence-electron chi connectivity index (χ1n) is 5.91. The lowest BCUT2D eigenvalue weighted by atomic mass is 10.2. The molecule has 7 nitrogen and oxygen atoms in total. The van der Waals surface area contributed by atoms with Gasteiger partial charge in [0.1, 0.15) is 5.56 Å². The van der Waals surface area contributed by atoms with Gasteiger partial charge in [-0.1, -0.05) is 27.2 Å². The van der Waals surface area contributed by atoms with E-state index in [1.807, 2.05) is 6.07 Å². The smallest absolute Gasteiger partial charge is 0.346 e. The number of nitrogen functional groups attached to an aromatic ring is 1. The van der Waals surface area contributed by atoms with Gasteiger partial charge in [0.05, 0.1) is 5.69 Å². The molecule has 0 radical (unpaired) electrons. The van der Waals surface area contributed by atoms with Crippen LogP contribution in [-0.2, 0) is 9.53 Å². The molecule has 110 valence electrons. The van der Waals surface area contributed by atoms with Crippen molar-refractivity contribution in [3.63, 3.8) is 0 Å². The maximum atomic E-state index is 11.8. The van der Waals surface area contributed by atoms with Crippen LogP contribution in [-0.4, -0.2) is 23.6 Å². The van der Waals surface area contributed by atoms with Gasteiger partial charge in [-0.2, -0.15) is 0 Å². The molecule has 0 aliphatic heterocycles. The van der Waals surface area contributed by atoms with E-state index in [0.717, 1.165) is 4.47 Å². The van der Waals surface area contributed by atoms with Crippen LogP contribution in [0.2, 0.25) is 0 Å². The number of hydrogen-bond acceptors (Lipinski definition) is 6. The molecule has 1 amide bonds. The van der Waals surface area contributed by atoms with Crippen molar-refractivity contribution < 1.29 is 18.8 Å². The van der Waals surface area contributed by atoms with E-state index in [4.69, 9.17) is 10.5 Å². The molecule has 3 N–H and O–H groups in total. The first-order valence-corrected chi connectivity index (χ1v) is 6.71. The molecule has 21 heavy (non-hydrogen) atoms. The Morgan fingerprint density at radius 1 is 1.48 bits per heavy atom. The van der Waals surface area contributed by atoms with E-state index in [2.05, 4.69) is 30.9 Å². The van der Waals surface area contributed by atoms with Gasteiger partial charge in [-0.15, -0.1) is 0 Å². The second-order valence-corrected chi connectivity index (χ2v) is 5.06. The Balaban J connectivity index is 1.91. The van der Waals surface area contributed by atoms with Crippen molar-refractivity contribution >= 4 is 39.4 Å². The van der Waals surface area contributed by atoms with Gasteiger partial charge < -0.3 is 20.3 Å². The molecule has 0 unspecified atom stereocenters. The number of hydrogen-bond donors (Lipinski definition) is 2. The molecule has 2 aromatic rings. The number of halogens is 1. The number of carbonyl (C=O) groups is 2. The lowest BCUT2D eigenvalue weighted by molar-refractivity contribution is -0.119. The number of aromatic nitrogens is 1. The summed E-state index contributed by atoms with van der Waals surface area (Å²) >= 11 is 3.29. The second kappa shape index (κ2) is 6.40. The van der Waals surface area contributed by atoms with Crippen molar-refractivity contribution in [2.24, 2.45) is 0 Å². The molecule has 2 rings (SSSR count). The highest BCUT2D eigenvalue weighted by molar-refractivity contribution is 9.10. The minimum atomic E-state index is -0.754. The topological polar surface area (TPSA) is 107 Å². The summed E-state index contributed by atoms with van der Waals surface area (Å²) in [5.41, 5.74) is 6.38. The predicted molar refractivity (Wildman–Crippen MR) is 78.7 cm³/mol. The number of nitrogens with zero attached hydrogens (tertiary/aromatic N) is 1. The van der Waals surface area contributed by atoms with E-state index in [1.165, 1.54) is 0 Å². The van der Waals surface area contributed by atoms with Crippen molar-refractivity contribution in [2.75, 3.05) is 17.7 Å². The van der Waals surface area contributed by atoms with E-state index >= 15 is 0 Å². The van der Waals surface area contributed by atoms with Gasteiger partial charge in [0.2, 0.25) is 5.88 Å². The average molecular weight is 354 g/mol. The van der Waals surface area contributed by atoms with E-state index in [-0.39, 0.29) is 11.4 Å². The maximum Gasteiger partial charge on any atom is 0.346 e. The molecular formula is C13H12BrN3O4. The van der Waals surface area contributed by atoms with Gasteiger partial charge in [-0.25, -0.2) is 4.79 Å². The predicted octanol–water partition coefficient (Wildman–Crippen LogP) is 2.12. The van der Waals surface area contributed by atoms with Crippen molar-refractivity contribution in [1.29, 1.82) is 0 Å². The number of esters is 1. The van der Waals surface area contributed by atoms with Crippen LogP contribution in [0.1, 0.15) is 16.1 Å². The maximum absolute atomic E-state index is 11.8. The highest BCUT2D eigenvalue weighted by atomic mass is 79.9. The molecule has 0 fully saturated rings. The molecule has 0 saturated carbocycles. The number of benzene rings is 1. The van der Waals surface area contributed by atoms with Crippen LogP contribution in [0, 0.1) is 6.92 Å². The average Bonchev–Trinajstić information content (AvgIpc) is 2.76. The Bertz CT molecular complexity index is 664. The largest absolute Gasteiger partial charge is 0.452 e. The summed E-state index contributed by atoms with van der Waals surface area (Å²) in [7, 11) is 0. The van der Waals surface area contributed by atoms with E-state index in [0.29, 0.717) is 11.4 Å². The number of ether oxygens (including phenoxy) is 1. The van der Waals surface area contributed by atoms with Gasteiger partial charge in [-0.05, 0) is 25.1 Å². The molecule has 0 saturated heterocycles. The fourth-order valence-electron chi connectivity index (χ4n) is 1.60. The zero-order chi connectivity index (χ0) is 15.4. The molecule has 0 bridgehead atoms. The zero-order valence-electron chi connectivity index (χ0n) is 11.1. The van der Waals surface area contributed by atoms with E-state index in [9.17, 15) is 9.59 Å². The van der Waals surface area contributed by atoms with Gasteiger partial charge in [0.25, 0.3) is 5.91 Å². The molecular weight excluding hydrogens is 342 g/mol. The normalized spacial score (nSPS) is 10.2. The van der Waals surface area contributed by atoms with Gasteiger partial charge >= 0.3 is 5.97 Å². The quantitative estimate of drug-likeness (QED) is 0.815. The van der Waals surface area contributed by atoms with E-state index in [1.54, 1.807) is 25.1 Å². The summed E-state index contributed by atoms with van der Waals surface area (Å²) in [4.78, 5) is 23.5. The number of rotatable bonds is 4. The van der Waals surface area contributed by atoms with Gasteiger partial charge in [-0.3, -0.25) is 4.79 Å². The first kappa shape index (κ1) is 15.0. The third-order valence-corrected chi connectivity index (χ3v) is 3.03. The number of anilines is 2. The Morgan fingerprint density at radius 3 is 2.86 bits per heavy atom. The Morgan fingerprint density at radius 2 is 2.24 bits per heavy atom. The highest BCUT2D eigenvalue weighted by Crippen LogP contribution is 2.17. The molecule has 0 spiro atoms. The number of carbonyl (C=O) groups excluding carboxylic acids is 2. The third-order valence-electron chi connectivity index (χ3n) is 2.54. The second-order valence-electron chi connectivity index (χ2n) is 4.14. The highest BCUT2D eigenvalue weighted by Gasteiger charge is 2.20. The third kappa shape index (κ3) is 3.82. The zero-order valence-corrected chi connectivity index (χ0v) is 12.6. The lowest BCUT2D eigenvalue weighted by Gasteiger charge is -2.06. The summed E-state index contributed by atoms with van der Waals surface area (Å²) in [6, 6.07) is 7.04. The molecule has 1 aromatic heterocycles. The molecule has 1 heterocycles. The molecule has 0 aliphatic rings. The Labute approximate surface area is 128 Å². The summed E-state index contributed by atoms with van der Waals surface area (Å²) in [6.45, 7) is 1.12. The van der Waals surface area contributed by atoms with Crippen LogP contribution in [0.4, 0.5) is 11.6 Å². The fraction of sp³-hybridized carbons (Fsp3) is 0.154. The Hall–Kier alpha value is -2.35. The molecule has 0 aliphatic carbocycles. The fourth-order valence-corrected chi connectivity index (χ4v) is 2.00. The van der Waals surface area contributed by atoms with Crippen LogP contribution in [0.3, 0.4) is 0 Å². The van der Waals surface area contributed by atoms with Gasteiger partial charge in [0, 0.05) is 10.2 Å².